The van der Waals surface area contributed by atoms with Crippen molar-refractivity contribution in [1.29, 1.82) is 0 Å². The minimum atomic E-state index is -0.280. The number of hydrogen-bond donors (Lipinski definition) is 0. The van der Waals surface area contributed by atoms with Gasteiger partial charge in [-0.2, -0.15) is 0 Å². The lowest BCUT2D eigenvalue weighted by molar-refractivity contribution is -0.122. The summed E-state index contributed by atoms with van der Waals surface area (Å²) in [6, 6.07) is 12.6. The van der Waals surface area contributed by atoms with E-state index in [0.29, 0.717) is 33.9 Å². The average Bonchev–Trinajstić information content (AvgIpc) is 2.88. The lowest BCUT2D eigenvalue weighted by Gasteiger charge is -2.10. The monoisotopic (exact) mass is 407 g/mol. The Morgan fingerprint density at radius 2 is 1.88 bits per heavy atom. The third-order valence-electron chi connectivity index (χ3n) is 3.78. The average molecular weight is 408 g/mol. The first-order valence-electron chi connectivity index (χ1n) is 7.90. The van der Waals surface area contributed by atoms with E-state index in [2.05, 4.69) is 0 Å². The first-order valence-corrected chi connectivity index (χ1v) is 9.48. The van der Waals surface area contributed by atoms with Crippen molar-refractivity contribution >= 4 is 52.2 Å². The highest BCUT2D eigenvalue weighted by molar-refractivity contribution is 8.18. The summed E-state index contributed by atoms with van der Waals surface area (Å²) in [4.78, 5) is 25.5. The predicted molar refractivity (Wildman–Crippen MR) is 106 cm³/mol. The quantitative estimate of drug-likeness (QED) is 0.602. The molecule has 1 aliphatic rings. The van der Waals surface area contributed by atoms with Crippen LogP contribution in [0.15, 0.2) is 47.4 Å². The fourth-order valence-corrected chi connectivity index (χ4v) is 3.76. The number of halogens is 2. The van der Waals surface area contributed by atoms with Gasteiger partial charge in [0.1, 0.15) is 12.4 Å². The van der Waals surface area contributed by atoms with Crippen LogP contribution in [0.2, 0.25) is 10.0 Å². The molecule has 1 heterocycles. The highest BCUT2D eigenvalue weighted by Crippen LogP contribution is 2.33. The molecule has 0 saturated carbocycles. The lowest BCUT2D eigenvalue weighted by Crippen LogP contribution is -2.27. The zero-order valence-electron chi connectivity index (χ0n) is 13.9. The number of ether oxygens (including phenoxy) is 1. The maximum absolute atomic E-state index is 12.1. The number of thioether (sulfide) groups is 1. The van der Waals surface area contributed by atoms with Gasteiger partial charge in [0, 0.05) is 17.1 Å². The molecule has 0 atom stereocenters. The SMILES string of the molecule is CCN1C(=O)S/C(=C\c2ccc(OCc3ccccc3Cl)c(Cl)c2)C1=O. The molecule has 7 heteroatoms. The highest BCUT2D eigenvalue weighted by atomic mass is 35.5. The Bertz CT molecular complexity index is 898. The van der Waals surface area contributed by atoms with Crippen LogP contribution < -0.4 is 4.74 Å². The second-order valence-corrected chi connectivity index (χ2v) is 7.30. The summed E-state index contributed by atoms with van der Waals surface area (Å²) in [6.07, 6.45) is 1.66. The van der Waals surface area contributed by atoms with Crippen molar-refractivity contribution in [1.82, 2.24) is 4.90 Å². The summed E-state index contributed by atoms with van der Waals surface area (Å²) in [6.45, 7) is 2.42. The standard InChI is InChI=1S/C19H15Cl2NO3S/c1-2-22-18(23)17(26-19(22)24)10-12-7-8-16(15(21)9-12)25-11-13-5-3-4-6-14(13)20/h3-10H,2,11H2,1H3/b17-10-. The summed E-state index contributed by atoms with van der Waals surface area (Å²) < 4.78 is 5.73. The Morgan fingerprint density at radius 1 is 1.12 bits per heavy atom. The summed E-state index contributed by atoms with van der Waals surface area (Å²) in [5.74, 6) is 0.239. The van der Waals surface area contributed by atoms with Crippen molar-refractivity contribution in [2.24, 2.45) is 0 Å². The van der Waals surface area contributed by atoms with Gasteiger partial charge in [-0.1, -0.05) is 47.5 Å². The molecule has 2 aromatic carbocycles. The van der Waals surface area contributed by atoms with Crippen molar-refractivity contribution in [2.75, 3.05) is 6.54 Å². The van der Waals surface area contributed by atoms with E-state index in [1.54, 1.807) is 37.3 Å². The van der Waals surface area contributed by atoms with Gasteiger partial charge < -0.3 is 4.74 Å². The van der Waals surface area contributed by atoms with Gasteiger partial charge in [0.25, 0.3) is 11.1 Å². The number of nitrogens with zero attached hydrogens (tertiary/aromatic N) is 1. The van der Waals surface area contributed by atoms with Crippen LogP contribution in [-0.4, -0.2) is 22.6 Å². The molecule has 0 radical (unpaired) electrons. The topological polar surface area (TPSA) is 46.6 Å². The van der Waals surface area contributed by atoms with Crippen LogP contribution in [-0.2, 0) is 11.4 Å². The third kappa shape index (κ3) is 4.06. The Kier molecular flexibility index (Phi) is 5.91. The molecule has 2 aromatic rings. The molecule has 2 amide bonds. The molecule has 0 spiro atoms. The number of carbonyl (C=O) groups is 2. The molecule has 134 valence electrons. The van der Waals surface area contributed by atoms with E-state index in [-0.39, 0.29) is 11.1 Å². The van der Waals surface area contributed by atoms with Crippen molar-refractivity contribution in [3.63, 3.8) is 0 Å². The molecule has 0 unspecified atom stereocenters. The molecule has 3 rings (SSSR count). The summed E-state index contributed by atoms with van der Waals surface area (Å²) in [5, 5.41) is 0.793. The maximum Gasteiger partial charge on any atom is 0.293 e. The summed E-state index contributed by atoms with van der Waals surface area (Å²) >= 11 is 13.3. The first-order chi connectivity index (χ1) is 12.5. The molecular formula is C19H15Cl2NO3S. The van der Waals surface area contributed by atoms with Crippen LogP contribution in [0.4, 0.5) is 4.79 Å². The summed E-state index contributed by atoms with van der Waals surface area (Å²) in [5.41, 5.74) is 1.59. The molecule has 0 aliphatic carbocycles. The number of imide groups is 1. The maximum atomic E-state index is 12.1. The van der Waals surface area contributed by atoms with E-state index >= 15 is 0 Å². The Balaban J connectivity index is 1.74. The number of rotatable bonds is 5. The Labute approximate surface area is 165 Å². The molecular weight excluding hydrogens is 393 g/mol. The van der Waals surface area contributed by atoms with Gasteiger partial charge in [0.05, 0.1) is 9.93 Å². The second kappa shape index (κ2) is 8.16. The van der Waals surface area contributed by atoms with Gasteiger partial charge in [-0.3, -0.25) is 14.5 Å². The van der Waals surface area contributed by atoms with Gasteiger partial charge in [0.15, 0.2) is 0 Å². The second-order valence-electron chi connectivity index (χ2n) is 5.50. The Morgan fingerprint density at radius 3 is 2.54 bits per heavy atom. The van der Waals surface area contributed by atoms with Crippen molar-refractivity contribution in [3.8, 4) is 5.75 Å². The fourth-order valence-electron chi connectivity index (χ4n) is 2.42. The molecule has 0 bridgehead atoms. The third-order valence-corrected chi connectivity index (χ3v) is 5.36. The van der Waals surface area contributed by atoms with E-state index in [9.17, 15) is 9.59 Å². The first kappa shape index (κ1) is 18.8. The van der Waals surface area contributed by atoms with Crippen molar-refractivity contribution < 1.29 is 14.3 Å². The smallest absolute Gasteiger partial charge is 0.293 e. The van der Waals surface area contributed by atoms with Gasteiger partial charge in [0.2, 0.25) is 0 Å². The molecule has 1 fully saturated rings. The molecule has 4 nitrogen and oxygen atoms in total. The van der Waals surface area contributed by atoms with Crippen LogP contribution >= 0.6 is 35.0 Å². The van der Waals surface area contributed by atoms with Crippen LogP contribution in [0.1, 0.15) is 18.1 Å². The molecule has 1 aliphatic heterocycles. The van der Waals surface area contributed by atoms with Gasteiger partial charge in [-0.05, 0) is 48.5 Å². The van der Waals surface area contributed by atoms with Crippen LogP contribution in [0.3, 0.4) is 0 Å². The zero-order chi connectivity index (χ0) is 18.7. The predicted octanol–water partition coefficient (Wildman–Crippen LogP) is 5.63. The van der Waals surface area contributed by atoms with Crippen molar-refractivity contribution in [3.05, 3.63) is 68.5 Å². The van der Waals surface area contributed by atoms with E-state index in [4.69, 9.17) is 27.9 Å². The fraction of sp³-hybridized carbons (Fsp3) is 0.158. The number of amides is 2. The van der Waals surface area contributed by atoms with Gasteiger partial charge in [-0.25, -0.2) is 0 Å². The van der Waals surface area contributed by atoms with E-state index in [1.165, 1.54) is 4.90 Å². The van der Waals surface area contributed by atoms with Crippen LogP contribution in [0.5, 0.6) is 5.75 Å². The highest BCUT2D eigenvalue weighted by Gasteiger charge is 2.33. The molecule has 1 saturated heterocycles. The van der Waals surface area contributed by atoms with Crippen molar-refractivity contribution in [2.45, 2.75) is 13.5 Å². The molecule has 26 heavy (non-hydrogen) atoms. The van der Waals surface area contributed by atoms with E-state index in [1.807, 2.05) is 18.2 Å². The largest absolute Gasteiger partial charge is 0.487 e. The number of likely N-dealkylation sites (N-methyl/N-ethyl adjacent to an activating group) is 1. The van der Waals surface area contributed by atoms with Crippen LogP contribution in [0, 0.1) is 0 Å². The molecule has 0 N–H and O–H groups in total. The number of carbonyl (C=O) groups excluding carboxylic acids is 2. The van der Waals surface area contributed by atoms with Crippen LogP contribution in [0.25, 0.3) is 6.08 Å². The van der Waals surface area contributed by atoms with E-state index in [0.717, 1.165) is 22.9 Å². The normalized spacial score (nSPS) is 15.8. The minimum Gasteiger partial charge on any atom is -0.487 e. The molecule has 0 aromatic heterocycles. The zero-order valence-corrected chi connectivity index (χ0v) is 16.2. The number of hydrogen-bond acceptors (Lipinski definition) is 4. The Hall–Kier alpha value is -1.95. The minimum absolute atomic E-state index is 0.255. The van der Waals surface area contributed by atoms with Gasteiger partial charge >= 0.3 is 0 Å². The van der Waals surface area contributed by atoms with Gasteiger partial charge in [-0.15, -0.1) is 0 Å². The lowest BCUT2D eigenvalue weighted by atomic mass is 10.2. The summed E-state index contributed by atoms with van der Waals surface area (Å²) in [7, 11) is 0. The number of benzene rings is 2. The van der Waals surface area contributed by atoms with E-state index < -0.39 is 0 Å².